The molecule has 0 aliphatic rings. The van der Waals surface area contributed by atoms with Gasteiger partial charge in [0.25, 0.3) is 0 Å². The average Bonchev–Trinajstić information content (AvgIpc) is 2.44. The lowest BCUT2D eigenvalue weighted by Gasteiger charge is -2.05. The molecule has 21 heavy (non-hydrogen) atoms. The van der Waals surface area contributed by atoms with E-state index in [1.807, 2.05) is 0 Å². The van der Waals surface area contributed by atoms with Crippen molar-refractivity contribution in [2.75, 3.05) is 6.61 Å². The van der Waals surface area contributed by atoms with Gasteiger partial charge in [0.15, 0.2) is 6.61 Å². The Morgan fingerprint density at radius 1 is 1.29 bits per heavy atom. The Morgan fingerprint density at radius 2 is 2.10 bits per heavy atom. The fourth-order valence-corrected chi connectivity index (χ4v) is 1.82. The smallest absolute Gasteiger partial charge is 0.341 e. The number of aliphatic carboxylic acids is 1. The molecule has 0 saturated carbocycles. The van der Waals surface area contributed by atoms with Crippen LogP contribution in [0.3, 0.4) is 0 Å². The standard InChI is InChI=1S/C15H12ClNO4/c16-13-6-10(4-5-14(13)21-9-15(19)20)8-17-11-2-1-3-12(18)7-11/h1-8,18H,9H2,(H,19,20). The number of rotatable bonds is 5. The van der Waals surface area contributed by atoms with Crippen LogP contribution in [0.4, 0.5) is 5.69 Å². The summed E-state index contributed by atoms with van der Waals surface area (Å²) < 4.78 is 5.02. The van der Waals surface area contributed by atoms with Crippen molar-refractivity contribution in [3.05, 3.63) is 53.1 Å². The van der Waals surface area contributed by atoms with Crippen molar-refractivity contribution < 1.29 is 19.7 Å². The van der Waals surface area contributed by atoms with Crippen molar-refractivity contribution in [2.45, 2.75) is 0 Å². The van der Waals surface area contributed by atoms with E-state index in [9.17, 15) is 9.90 Å². The van der Waals surface area contributed by atoms with Crippen molar-refractivity contribution >= 4 is 29.5 Å². The van der Waals surface area contributed by atoms with Gasteiger partial charge in [0.05, 0.1) is 10.7 Å². The lowest BCUT2D eigenvalue weighted by Crippen LogP contribution is -2.09. The second-order valence-electron chi connectivity index (χ2n) is 4.15. The number of hydrogen-bond donors (Lipinski definition) is 2. The molecule has 5 nitrogen and oxygen atoms in total. The summed E-state index contributed by atoms with van der Waals surface area (Å²) in [6, 6.07) is 11.4. The van der Waals surface area contributed by atoms with Crippen LogP contribution in [0, 0.1) is 0 Å². The molecule has 0 saturated heterocycles. The summed E-state index contributed by atoms with van der Waals surface area (Å²) in [6.45, 7) is -0.448. The molecule has 0 unspecified atom stereocenters. The second-order valence-corrected chi connectivity index (χ2v) is 4.56. The third-order valence-corrected chi connectivity index (χ3v) is 2.79. The molecule has 0 amide bonds. The molecule has 0 aliphatic carbocycles. The normalized spacial score (nSPS) is 10.7. The van der Waals surface area contributed by atoms with Crippen LogP contribution in [0.15, 0.2) is 47.5 Å². The first-order valence-corrected chi connectivity index (χ1v) is 6.39. The Bertz CT molecular complexity index is 685. The Balaban J connectivity index is 2.11. The van der Waals surface area contributed by atoms with Gasteiger partial charge in [-0.1, -0.05) is 17.7 Å². The molecule has 108 valence electrons. The second kappa shape index (κ2) is 6.76. The maximum Gasteiger partial charge on any atom is 0.341 e. The van der Waals surface area contributed by atoms with Crippen molar-refractivity contribution in [2.24, 2.45) is 4.99 Å². The van der Waals surface area contributed by atoms with Gasteiger partial charge in [-0.05, 0) is 35.9 Å². The number of aromatic hydroxyl groups is 1. The van der Waals surface area contributed by atoms with Gasteiger partial charge in [0.2, 0.25) is 0 Å². The van der Waals surface area contributed by atoms with Gasteiger partial charge in [0, 0.05) is 12.3 Å². The molecule has 0 radical (unpaired) electrons. The number of ether oxygens (including phenoxy) is 1. The highest BCUT2D eigenvalue weighted by Gasteiger charge is 2.04. The molecular weight excluding hydrogens is 294 g/mol. The zero-order valence-electron chi connectivity index (χ0n) is 10.9. The van der Waals surface area contributed by atoms with E-state index >= 15 is 0 Å². The van der Waals surface area contributed by atoms with Gasteiger partial charge < -0.3 is 14.9 Å². The highest BCUT2D eigenvalue weighted by molar-refractivity contribution is 6.32. The van der Waals surface area contributed by atoms with Crippen molar-refractivity contribution in [1.29, 1.82) is 0 Å². The average molecular weight is 306 g/mol. The van der Waals surface area contributed by atoms with Crippen LogP contribution in [0.2, 0.25) is 5.02 Å². The van der Waals surface area contributed by atoms with Crippen molar-refractivity contribution in [3.8, 4) is 11.5 Å². The summed E-state index contributed by atoms with van der Waals surface area (Å²) >= 11 is 6.00. The summed E-state index contributed by atoms with van der Waals surface area (Å²) in [5, 5.41) is 18.2. The lowest BCUT2D eigenvalue weighted by molar-refractivity contribution is -0.139. The SMILES string of the molecule is O=C(O)COc1ccc(C=Nc2cccc(O)c2)cc1Cl. The van der Waals surface area contributed by atoms with Gasteiger partial charge in [-0.3, -0.25) is 4.99 Å². The van der Waals surface area contributed by atoms with Gasteiger partial charge in [0.1, 0.15) is 11.5 Å². The Labute approximate surface area is 126 Å². The number of hydrogen-bond acceptors (Lipinski definition) is 4. The van der Waals surface area contributed by atoms with Crippen LogP contribution < -0.4 is 4.74 Å². The molecule has 0 fully saturated rings. The van der Waals surface area contributed by atoms with Crippen molar-refractivity contribution in [1.82, 2.24) is 0 Å². The minimum absolute atomic E-state index is 0.139. The summed E-state index contributed by atoms with van der Waals surface area (Å²) in [7, 11) is 0. The van der Waals surface area contributed by atoms with E-state index in [1.54, 1.807) is 42.6 Å². The Hall–Kier alpha value is -2.53. The zero-order chi connectivity index (χ0) is 15.2. The predicted molar refractivity (Wildman–Crippen MR) is 79.9 cm³/mol. The number of benzene rings is 2. The Morgan fingerprint density at radius 3 is 2.76 bits per heavy atom. The molecule has 2 aromatic rings. The fraction of sp³-hybridized carbons (Fsp3) is 0.0667. The van der Waals surface area contributed by atoms with E-state index < -0.39 is 12.6 Å². The summed E-state index contributed by atoms with van der Waals surface area (Å²) in [4.78, 5) is 14.6. The van der Waals surface area contributed by atoms with Gasteiger partial charge in [-0.15, -0.1) is 0 Å². The number of aliphatic imine (C=N–C) groups is 1. The molecule has 0 aromatic heterocycles. The summed E-state index contributed by atoms with van der Waals surface area (Å²) in [5.41, 5.74) is 1.34. The highest BCUT2D eigenvalue weighted by atomic mass is 35.5. The van der Waals surface area contributed by atoms with Crippen LogP contribution in [0.1, 0.15) is 5.56 Å². The molecule has 0 atom stereocenters. The van der Waals surface area contributed by atoms with Gasteiger partial charge in [-0.25, -0.2) is 4.79 Å². The number of nitrogens with zero attached hydrogens (tertiary/aromatic N) is 1. The summed E-state index contributed by atoms with van der Waals surface area (Å²) in [6.07, 6.45) is 1.58. The number of carboxylic acid groups (broad SMARTS) is 1. The minimum Gasteiger partial charge on any atom is -0.508 e. The fourth-order valence-electron chi connectivity index (χ4n) is 1.58. The van der Waals surface area contributed by atoms with Gasteiger partial charge in [-0.2, -0.15) is 0 Å². The molecule has 0 spiro atoms. The van der Waals surface area contributed by atoms with Crippen LogP contribution in [-0.4, -0.2) is 29.0 Å². The van der Waals surface area contributed by atoms with Gasteiger partial charge >= 0.3 is 5.97 Å². The minimum atomic E-state index is -1.07. The summed E-state index contributed by atoms with van der Waals surface area (Å²) in [5.74, 6) is -0.630. The lowest BCUT2D eigenvalue weighted by atomic mass is 10.2. The third-order valence-electron chi connectivity index (χ3n) is 2.50. The molecule has 2 aromatic carbocycles. The highest BCUT2D eigenvalue weighted by Crippen LogP contribution is 2.25. The van der Waals surface area contributed by atoms with Crippen molar-refractivity contribution in [3.63, 3.8) is 0 Å². The first-order valence-electron chi connectivity index (χ1n) is 6.02. The third kappa shape index (κ3) is 4.50. The quantitative estimate of drug-likeness (QED) is 0.831. The van der Waals surface area contributed by atoms with Crippen LogP contribution in [0.25, 0.3) is 0 Å². The first-order chi connectivity index (χ1) is 10.0. The molecule has 0 aliphatic heterocycles. The number of carbonyl (C=O) groups is 1. The number of carboxylic acids is 1. The van der Waals surface area contributed by atoms with E-state index in [-0.39, 0.29) is 5.75 Å². The van der Waals surface area contributed by atoms with E-state index in [0.717, 1.165) is 5.56 Å². The molecule has 0 heterocycles. The first kappa shape index (κ1) is 14.9. The topological polar surface area (TPSA) is 79.1 Å². The predicted octanol–water partition coefficient (Wildman–Crippen LogP) is 3.26. The van der Waals surface area contributed by atoms with Crippen LogP contribution in [-0.2, 0) is 4.79 Å². The van der Waals surface area contributed by atoms with Crippen LogP contribution >= 0.6 is 11.6 Å². The van der Waals surface area contributed by atoms with E-state index in [1.165, 1.54) is 6.07 Å². The molecule has 2 rings (SSSR count). The molecule has 0 bridgehead atoms. The van der Waals surface area contributed by atoms with Crippen LogP contribution in [0.5, 0.6) is 11.5 Å². The molecule has 2 N–H and O–H groups in total. The largest absolute Gasteiger partial charge is 0.508 e. The van der Waals surface area contributed by atoms with E-state index in [2.05, 4.69) is 4.99 Å². The zero-order valence-corrected chi connectivity index (χ0v) is 11.6. The number of phenolic OH excluding ortho intramolecular Hbond substituents is 1. The number of phenols is 1. The monoisotopic (exact) mass is 305 g/mol. The number of halogens is 1. The van der Waals surface area contributed by atoms with E-state index in [4.69, 9.17) is 21.4 Å². The molecule has 6 heteroatoms. The molecular formula is C15H12ClNO4. The Kier molecular flexibility index (Phi) is 4.79. The maximum absolute atomic E-state index is 10.4. The maximum atomic E-state index is 10.4. The van der Waals surface area contributed by atoms with E-state index in [0.29, 0.717) is 16.5 Å².